The molecule has 1 nitrogen and oxygen atoms in total. The van der Waals surface area contributed by atoms with Crippen molar-refractivity contribution in [3.63, 3.8) is 0 Å². The zero-order valence-corrected chi connectivity index (χ0v) is 12.0. The van der Waals surface area contributed by atoms with E-state index in [9.17, 15) is 0 Å². The minimum atomic E-state index is 0.243. The Hall–Kier alpha value is -0.820. The smallest absolute Gasteiger partial charge is 0.00440 e. The third-order valence-electron chi connectivity index (χ3n) is 3.58. The summed E-state index contributed by atoms with van der Waals surface area (Å²) in [5, 5.41) is 3.32. The van der Waals surface area contributed by atoms with E-state index >= 15 is 0 Å². The van der Waals surface area contributed by atoms with Crippen LogP contribution in [0.3, 0.4) is 0 Å². The van der Waals surface area contributed by atoms with Crippen molar-refractivity contribution in [2.24, 2.45) is 0 Å². The maximum atomic E-state index is 3.32. The Kier molecular flexibility index (Phi) is 5.20. The van der Waals surface area contributed by atoms with Crippen LogP contribution in [0.15, 0.2) is 24.3 Å². The average Bonchev–Trinajstić information content (AvgIpc) is 2.29. The summed E-state index contributed by atoms with van der Waals surface area (Å²) >= 11 is 0. The molecule has 0 heterocycles. The van der Waals surface area contributed by atoms with Gasteiger partial charge in [0, 0.05) is 6.04 Å². The van der Waals surface area contributed by atoms with E-state index in [2.05, 4.69) is 57.3 Å². The van der Waals surface area contributed by atoms with Gasteiger partial charge in [0.2, 0.25) is 0 Å². The summed E-state index contributed by atoms with van der Waals surface area (Å²) in [4.78, 5) is 0. The Morgan fingerprint density at radius 1 is 1.18 bits per heavy atom. The SMILES string of the molecule is CCCc1ccc(C(C)(C)CC(C)NC)cc1. The first-order chi connectivity index (χ1) is 7.99. The highest BCUT2D eigenvalue weighted by Gasteiger charge is 2.22. The number of aryl methyl sites for hydroxylation is 1. The monoisotopic (exact) mass is 233 g/mol. The van der Waals surface area contributed by atoms with Gasteiger partial charge in [0.05, 0.1) is 0 Å². The van der Waals surface area contributed by atoms with Gasteiger partial charge in [-0.3, -0.25) is 0 Å². The molecule has 0 aliphatic heterocycles. The van der Waals surface area contributed by atoms with Gasteiger partial charge in [-0.25, -0.2) is 0 Å². The van der Waals surface area contributed by atoms with Gasteiger partial charge in [0.25, 0.3) is 0 Å². The molecule has 17 heavy (non-hydrogen) atoms. The van der Waals surface area contributed by atoms with Crippen molar-refractivity contribution < 1.29 is 0 Å². The van der Waals surface area contributed by atoms with Crippen molar-refractivity contribution >= 4 is 0 Å². The molecule has 0 fully saturated rings. The van der Waals surface area contributed by atoms with Gasteiger partial charge in [-0.1, -0.05) is 51.5 Å². The van der Waals surface area contributed by atoms with Crippen LogP contribution in [0.1, 0.15) is 51.7 Å². The molecule has 1 heteroatoms. The van der Waals surface area contributed by atoms with Gasteiger partial charge in [-0.2, -0.15) is 0 Å². The average molecular weight is 233 g/mol. The van der Waals surface area contributed by atoms with Crippen LogP contribution < -0.4 is 5.32 Å². The summed E-state index contributed by atoms with van der Waals surface area (Å²) in [6.45, 7) is 9.13. The van der Waals surface area contributed by atoms with Gasteiger partial charge >= 0.3 is 0 Å². The summed E-state index contributed by atoms with van der Waals surface area (Å²) in [5.41, 5.74) is 3.14. The predicted molar refractivity (Wildman–Crippen MR) is 76.6 cm³/mol. The van der Waals surface area contributed by atoms with Crippen molar-refractivity contribution in [1.29, 1.82) is 0 Å². The van der Waals surface area contributed by atoms with E-state index in [1.807, 2.05) is 7.05 Å². The standard InChI is InChI=1S/C16H27N/c1-6-7-14-8-10-15(11-9-14)16(3,4)12-13(2)17-5/h8-11,13,17H,6-7,12H2,1-5H3. The largest absolute Gasteiger partial charge is 0.317 e. The van der Waals surface area contributed by atoms with Crippen LogP contribution in [-0.2, 0) is 11.8 Å². The molecule has 1 atom stereocenters. The number of hydrogen-bond acceptors (Lipinski definition) is 1. The van der Waals surface area contributed by atoms with E-state index in [4.69, 9.17) is 0 Å². The van der Waals surface area contributed by atoms with Gasteiger partial charge in [0.1, 0.15) is 0 Å². The summed E-state index contributed by atoms with van der Waals surface area (Å²) < 4.78 is 0. The van der Waals surface area contributed by atoms with Crippen molar-refractivity contribution in [2.45, 2.75) is 58.4 Å². The molecule has 0 aliphatic rings. The molecule has 0 aliphatic carbocycles. The van der Waals surface area contributed by atoms with Crippen molar-refractivity contribution in [3.8, 4) is 0 Å². The molecule has 1 aromatic carbocycles. The Morgan fingerprint density at radius 3 is 2.24 bits per heavy atom. The van der Waals surface area contributed by atoms with E-state index in [0.717, 1.165) is 6.42 Å². The lowest BCUT2D eigenvalue weighted by Gasteiger charge is -2.28. The molecule has 0 aromatic heterocycles. The van der Waals surface area contributed by atoms with Gasteiger partial charge < -0.3 is 5.32 Å². The molecule has 0 amide bonds. The Balaban J connectivity index is 2.76. The van der Waals surface area contributed by atoms with E-state index in [-0.39, 0.29) is 5.41 Å². The second-order valence-electron chi connectivity index (χ2n) is 5.72. The quantitative estimate of drug-likeness (QED) is 0.785. The molecule has 0 bridgehead atoms. The maximum absolute atomic E-state index is 3.32. The topological polar surface area (TPSA) is 12.0 Å². The van der Waals surface area contributed by atoms with Crippen LogP contribution >= 0.6 is 0 Å². The molecule has 0 spiro atoms. The fourth-order valence-corrected chi connectivity index (χ4v) is 2.40. The second kappa shape index (κ2) is 6.20. The minimum Gasteiger partial charge on any atom is -0.317 e. The highest BCUT2D eigenvalue weighted by atomic mass is 14.9. The fraction of sp³-hybridized carbons (Fsp3) is 0.625. The van der Waals surface area contributed by atoms with Crippen LogP contribution in [0.2, 0.25) is 0 Å². The zero-order valence-electron chi connectivity index (χ0n) is 12.0. The molecule has 1 aromatic rings. The van der Waals surface area contributed by atoms with Crippen LogP contribution in [0, 0.1) is 0 Å². The molecule has 1 N–H and O–H groups in total. The lowest BCUT2D eigenvalue weighted by molar-refractivity contribution is 0.405. The maximum Gasteiger partial charge on any atom is 0.00440 e. The summed E-state index contributed by atoms with van der Waals surface area (Å²) in [7, 11) is 2.03. The number of nitrogens with one attached hydrogen (secondary N) is 1. The molecular weight excluding hydrogens is 206 g/mol. The molecule has 0 saturated heterocycles. The molecule has 1 rings (SSSR count). The second-order valence-corrected chi connectivity index (χ2v) is 5.72. The summed E-state index contributed by atoms with van der Waals surface area (Å²) in [6, 6.07) is 9.72. The number of benzene rings is 1. The van der Waals surface area contributed by atoms with Crippen LogP contribution in [-0.4, -0.2) is 13.1 Å². The summed E-state index contributed by atoms with van der Waals surface area (Å²) in [6.07, 6.45) is 3.57. The number of hydrogen-bond donors (Lipinski definition) is 1. The highest BCUT2D eigenvalue weighted by molar-refractivity contribution is 5.28. The first-order valence-corrected chi connectivity index (χ1v) is 6.76. The van der Waals surface area contributed by atoms with Gasteiger partial charge in [-0.05, 0) is 43.4 Å². The molecule has 1 unspecified atom stereocenters. The van der Waals surface area contributed by atoms with Crippen LogP contribution in [0.5, 0.6) is 0 Å². The third-order valence-corrected chi connectivity index (χ3v) is 3.58. The van der Waals surface area contributed by atoms with E-state index in [1.54, 1.807) is 0 Å². The minimum absolute atomic E-state index is 0.243. The molecule has 96 valence electrons. The van der Waals surface area contributed by atoms with E-state index in [0.29, 0.717) is 6.04 Å². The third kappa shape index (κ3) is 4.16. The number of rotatable bonds is 6. The Morgan fingerprint density at radius 2 is 1.76 bits per heavy atom. The van der Waals surface area contributed by atoms with Gasteiger partial charge in [-0.15, -0.1) is 0 Å². The lowest BCUT2D eigenvalue weighted by Crippen LogP contribution is -2.30. The van der Waals surface area contributed by atoms with Crippen molar-refractivity contribution in [3.05, 3.63) is 35.4 Å². The molecular formula is C16H27N. The van der Waals surface area contributed by atoms with Gasteiger partial charge in [0.15, 0.2) is 0 Å². The zero-order chi connectivity index (χ0) is 12.9. The van der Waals surface area contributed by atoms with E-state index in [1.165, 1.54) is 24.0 Å². The molecule has 0 saturated carbocycles. The highest BCUT2D eigenvalue weighted by Crippen LogP contribution is 2.28. The normalized spacial score (nSPS) is 13.7. The molecule has 0 radical (unpaired) electrons. The van der Waals surface area contributed by atoms with E-state index < -0.39 is 0 Å². The first-order valence-electron chi connectivity index (χ1n) is 6.76. The van der Waals surface area contributed by atoms with Crippen LogP contribution in [0.25, 0.3) is 0 Å². The van der Waals surface area contributed by atoms with Crippen LogP contribution in [0.4, 0.5) is 0 Å². The van der Waals surface area contributed by atoms with Crippen molar-refractivity contribution in [1.82, 2.24) is 5.32 Å². The first kappa shape index (κ1) is 14.2. The Bertz CT molecular complexity index is 324. The fourth-order valence-electron chi connectivity index (χ4n) is 2.40. The predicted octanol–water partition coefficient (Wildman–Crippen LogP) is 3.91. The lowest BCUT2D eigenvalue weighted by atomic mass is 9.79. The summed E-state index contributed by atoms with van der Waals surface area (Å²) in [5.74, 6) is 0. The Labute approximate surface area is 107 Å². The van der Waals surface area contributed by atoms with Crippen molar-refractivity contribution in [2.75, 3.05) is 7.05 Å².